The van der Waals surface area contributed by atoms with Crippen molar-refractivity contribution in [3.63, 3.8) is 0 Å². The lowest BCUT2D eigenvalue weighted by atomic mass is 10.1. The Morgan fingerprint density at radius 3 is 2.84 bits per heavy atom. The number of benzene rings is 1. The van der Waals surface area contributed by atoms with Crippen LogP contribution in [0, 0.1) is 10.1 Å². The minimum Gasteiger partial charge on any atom is -0.378 e. The zero-order valence-electron chi connectivity index (χ0n) is 10.7. The van der Waals surface area contributed by atoms with Gasteiger partial charge >= 0.3 is 5.69 Å². The molecule has 0 atom stereocenters. The molecule has 0 aliphatic rings. The lowest BCUT2D eigenvalue weighted by Gasteiger charge is -2.10. The number of hydrogen-bond donors (Lipinski definition) is 2. The van der Waals surface area contributed by atoms with Crippen LogP contribution in [0.2, 0.25) is 0 Å². The Hall–Kier alpha value is -2.21. The van der Waals surface area contributed by atoms with Crippen molar-refractivity contribution in [2.75, 3.05) is 25.0 Å². The summed E-state index contributed by atoms with van der Waals surface area (Å²) in [7, 11) is 0. The molecule has 1 heterocycles. The predicted octanol–water partition coefficient (Wildman–Crippen LogP) is 2.16. The van der Waals surface area contributed by atoms with Gasteiger partial charge in [0.05, 0.1) is 10.4 Å². The van der Waals surface area contributed by atoms with E-state index in [2.05, 4.69) is 15.6 Å². The third kappa shape index (κ3) is 2.97. The van der Waals surface area contributed by atoms with Gasteiger partial charge in [0.15, 0.2) is 0 Å². The number of fused-ring (bicyclic) bond motifs is 1. The molecule has 1 aromatic heterocycles. The van der Waals surface area contributed by atoms with E-state index in [1.54, 1.807) is 0 Å². The van der Waals surface area contributed by atoms with Gasteiger partial charge in [0.1, 0.15) is 11.9 Å². The molecule has 2 aromatic rings. The highest BCUT2D eigenvalue weighted by atomic mass is 16.6. The van der Waals surface area contributed by atoms with Gasteiger partial charge in [-0.05, 0) is 12.6 Å². The van der Waals surface area contributed by atoms with Gasteiger partial charge in [-0.2, -0.15) is 0 Å². The summed E-state index contributed by atoms with van der Waals surface area (Å²) in [4.78, 5) is 14.8. The second kappa shape index (κ2) is 6.10. The number of rotatable bonds is 6. The van der Waals surface area contributed by atoms with Gasteiger partial charge in [-0.25, -0.2) is 4.98 Å². The molecule has 0 fully saturated rings. The van der Waals surface area contributed by atoms with Crippen LogP contribution in [0.3, 0.4) is 0 Å². The maximum atomic E-state index is 11.1. The summed E-state index contributed by atoms with van der Waals surface area (Å²) < 4.78 is 0. The fourth-order valence-electron chi connectivity index (χ4n) is 1.91. The van der Waals surface area contributed by atoms with Crippen molar-refractivity contribution in [2.24, 2.45) is 0 Å². The topological polar surface area (TPSA) is 80.1 Å². The Morgan fingerprint density at radius 1 is 1.32 bits per heavy atom. The first-order valence-electron chi connectivity index (χ1n) is 6.20. The summed E-state index contributed by atoms with van der Waals surface area (Å²) in [5, 5.41) is 18.1. The Bertz CT molecular complexity index is 586. The number of para-hydroxylation sites is 1. The maximum absolute atomic E-state index is 11.1. The van der Waals surface area contributed by atoms with Crippen molar-refractivity contribution < 1.29 is 4.92 Å². The minimum atomic E-state index is -0.408. The van der Waals surface area contributed by atoms with Gasteiger partial charge in [0.25, 0.3) is 0 Å². The molecule has 0 amide bonds. The zero-order chi connectivity index (χ0) is 13.7. The standard InChI is InChI=1S/C13H16N4O2/c1-2-14-7-8-15-13-10-5-3-4-6-11(10)16-9-12(13)17(18)19/h3-6,9,14H,2,7-8H2,1H3,(H,15,16). The molecule has 0 bridgehead atoms. The van der Waals surface area contributed by atoms with Crippen LogP contribution in [0.5, 0.6) is 0 Å². The molecule has 6 nitrogen and oxygen atoms in total. The average Bonchev–Trinajstić information content (AvgIpc) is 2.43. The first-order chi connectivity index (χ1) is 9.24. The van der Waals surface area contributed by atoms with Crippen LogP contribution in [0.15, 0.2) is 30.5 Å². The fourth-order valence-corrected chi connectivity index (χ4v) is 1.91. The van der Waals surface area contributed by atoms with Gasteiger partial charge in [-0.1, -0.05) is 25.1 Å². The second-order valence-corrected chi connectivity index (χ2v) is 4.07. The number of hydrogen-bond acceptors (Lipinski definition) is 5. The first kappa shape index (κ1) is 13.2. The normalized spacial score (nSPS) is 10.6. The quantitative estimate of drug-likeness (QED) is 0.472. The Morgan fingerprint density at radius 2 is 2.11 bits per heavy atom. The molecule has 19 heavy (non-hydrogen) atoms. The molecule has 1 aromatic carbocycles. The predicted molar refractivity (Wildman–Crippen MR) is 75.4 cm³/mol. The van der Waals surface area contributed by atoms with Crippen LogP contribution in [-0.4, -0.2) is 29.5 Å². The third-order valence-electron chi connectivity index (χ3n) is 2.81. The number of aromatic nitrogens is 1. The molecule has 0 aliphatic heterocycles. The van der Waals surface area contributed by atoms with Crippen LogP contribution < -0.4 is 10.6 Å². The van der Waals surface area contributed by atoms with E-state index in [9.17, 15) is 10.1 Å². The summed E-state index contributed by atoms with van der Waals surface area (Å²) in [6.07, 6.45) is 1.30. The summed E-state index contributed by atoms with van der Waals surface area (Å²) in [6.45, 7) is 4.28. The smallest absolute Gasteiger partial charge is 0.311 e. The number of pyridine rings is 1. The molecule has 0 spiro atoms. The van der Waals surface area contributed by atoms with Crippen LogP contribution in [0.4, 0.5) is 11.4 Å². The van der Waals surface area contributed by atoms with Crippen molar-refractivity contribution in [3.05, 3.63) is 40.6 Å². The fraction of sp³-hybridized carbons (Fsp3) is 0.308. The van der Waals surface area contributed by atoms with Crippen molar-refractivity contribution in [1.82, 2.24) is 10.3 Å². The van der Waals surface area contributed by atoms with E-state index in [0.29, 0.717) is 12.2 Å². The number of anilines is 1. The molecular weight excluding hydrogens is 244 g/mol. The maximum Gasteiger partial charge on any atom is 0.311 e. The van der Waals surface area contributed by atoms with Gasteiger partial charge in [0.2, 0.25) is 0 Å². The second-order valence-electron chi connectivity index (χ2n) is 4.07. The van der Waals surface area contributed by atoms with Crippen molar-refractivity contribution in [1.29, 1.82) is 0 Å². The lowest BCUT2D eigenvalue weighted by molar-refractivity contribution is -0.384. The minimum absolute atomic E-state index is 0.00944. The van der Waals surface area contributed by atoms with Crippen LogP contribution >= 0.6 is 0 Å². The first-order valence-corrected chi connectivity index (χ1v) is 6.20. The number of nitro groups is 1. The van der Waals surface area contributed by atoms with E-state index in [1.807, 2.05) is 31.2 Å². The Kier molecular flexibility index (Phi) is 4.25. The van der Waals surface area contributed by atoms with E-state index in [0.717, 1.165) is 24.0 Å². The molecule has 0 radical (unpaired) electrons. The zero-order valence-corrected chi connectivity index (χ0v) is 10.7. The van der Waals surface area contributed by atoms with Gasteiger partial charge < -0.3 is 10.6 Å². The van der Waals surface area contributed by atoms with E-state index < -0.39 is 4.92 Å². The van der Waals surface area contributed by atoms with Crippen molar-refractivity contribution in [3.8, 4) is 0 Å². The summed E-state index contributed by atoms with van der Waals surface area (Å²) >= 11 is 0. The molecule has 0 aliphatic carbocycles. The number of nitrogens with zero attached hydrogens (tertiary/aromatic N) is 2. The highest BCUT2D eigenvalue weighted by Gasteiger charge is 2.17. The highest BCUT2D eigenvalue weighted by molar-refractivity contribution is 5.95. The molecule has 0 unspecified atom stereocenters. The lowest BCUT2D eigenvalue weighted by Crippen LogP contribution is -2.22. The molecule has 0 saturated carbocycles. The Labute approximate surface area is 111 Å². The van der Waals surface area contributed by atoms with Crippen molar-refractivity contribution >= 4 is 22.3 Å². The van der Waals surface area contributed by atoms with Gasteiger partial charge in [-0.3, -0.25) is 10.1 Å². The third-order valence-corrected chi connectivity index (χ3v) is 2.81. The summed E-state index contributed by atoms with van der Waals surface area (Å²) in [5.41, 5.74) is 1.29. The van der Waals surface area contributed by atoms with Gasteiger partial charge in [0, 0.05) is 18.5 Å². The molecule has 2 rings (SSSR count). The van der Waals surface area contributed by atoms with Crippen molar-refractivity contribution in [2.45, 2.75) is 6.92 Å². The molecular formula is C13H16N4O2. The Balaban J connectivity index is 2.35. The summed E-state index contributed by atoms with van der Waals surface area (Å²) in [6, 6.07) is 7.40. The molecule has 0 saturated heterocycles. The monoisotopic (exact) mass is 260 g/mol. The van der Waals surface area contributed by atoms with E-state index in [4.69, 9.17) is 0 Å². The van der Waals surface area contributed by atoms with Crippen LogP contribution in [-0.2, 0) is 0 Å². The summed E-state index contributed by atoms with van der Waals surface area (Å²) in [5.74, 6) is 0. The average molecular weight is 260 g/mol. The van der Waals surface area contributed by atoms with Gasteiger partial charge in [-0.15, -0.1) is 0 Å². The number of likely N-dealkylation sites (N-methyl/N-ethyl adjacent to an activating group) is 1. The van der Waals surface area contributed by atoms with E-state index in [-0.39, 0.29) is 5.69 Å². The molecule has 2 N–H and O–H groups in total. The number of nitrogens with one attached hydrogen (secondary N) is 2. The van der Waals surface area contributed by atoms with Crippen LogP contribution in [0.1, 0.15) is 6.92 Å². The van der Waals surface area contributed by atoms with Crippen LogP contribution in [0.25, 0.3) is 10.9 Å². The SMILES string of the molecule is CCNCCNc1c([N+](=O)[O-])cnc2ccccc12. The molecule has 100 valence electrons. The largest absolute Gasteiger partial charge is 0.378 e. The highest BCUT2D eigenvalue weighted by Crippen LogP contribution is 2.30. The molecule has 6 heteroatoms. The van der Waals surface area contributed by atoms with E-state index in [1.165, 1.54) is 6.20 Å². The van der Waals surface area contributed by atoms with E-state index >= 15 is 0 Å².